The number of aliphatic imine (C=N–C) groups is 1. The molecule has 4 heteroatoms. The number of benzene rings is 2. The molecular weight excluding hydrogens is 212 g/mol. The maximum absolute atomic E-state index is 8.27. The first-order valence-corrected chi connectivity index (χ1v) is 5.13. The first-order valence-electron chi connectivity index (χ1n) is 5.13. The summed E-state index contributed by atoms with van der Waals surface area (Å²) in [5.74, 6) is 0. The summed E-state index contributed by atoms with van der Waals surface area (Å²) in [6.45, 7) is 0. The summed E-state index contributed by atoms with van der Waals surface area (Å²) in [5, 5.41) is 3.49. The first-order chi connectivity index (χ1) is 8.38. The lowest BCUT2D eigenvalue weighted by Gasteiger charge is -1.94. The van der Waals surface area contributed by atoms with E-state index in [0.29, 0.717) is 5.69 Å². The van der Waals surface area contributed by atoms with Crippen LogP contribution in [0.3, 0.4) is 0 Å². The van der Waals surface area contributed by atoms with Gasteiger partial charge >= 0.3 is 0 Å². The van der Waals surface area contributed by atoms with Crippen LogP contribution < -0.4 is 0 Å². The van der Waals surface area contributed by atoms with E-state index in [1.165, 1.54) is 0 Å². The molecule has 0 aliphatic carbocycles. The van der Waals surface area contributed by atoms with Gasteiger partial charge < -0.3 is 0 Å². The van der Waals surface area contributed by atoms with E-state index in [4.69, 9.17) is 5.53 Å². The molecule has 2 rings (SSSR count). The summed E-state index contributed by atoms with van der Waals surface area (Å²) in [6.07, 6.45) is 1.79. The average Bonchev–Trinajstić information content (AvgIpc) is 2.40. The van der Waals surface area contributed by atoms with Crippen molar-refractivity contribution >= 4 is 17.6 Å². The molecule has 0 aliphatic heterocycles. The van der Waals surface area contributed by atoms with E-state index in [9.17, 15) is 0 Å². The Morgan fingerprint density at radius 2 is 1.53 bits per heavy atom. The van der Waals surface area contributed by atoms with Gasteiger partial charge in [0, 0.05) is 16.8 Å². The number of azide groups is 1. The molecule has 0 unspecified atom stereocenters. The largest absolute Gasteiger partial charge is 0.256 e. The van der Waals surface area contributed by atoms with Gasteiger partial charge in [0.2, 0.25) is 0 Å². The van der Waals surface area contributed by atoms with Crippen molar-refractivity contribution in [3.63, 3.8) is 0 Å². The molecule has 0 bridgehead atoms. The number of rotatable bonds is 3. The molecule has 4 nitrogen and oxygen atoms in total. The smallest absolute Gasteiger partial charge is 0.0630 e. The highest BCUT2D eigenvalue weighted by Gasteiger charge is 1.90. The fourth-order valence-corrected chi connectivity index (χ4v) is 1.35. The summed E-state index contributed by atoms with van der Waals surface area (Å²) in [6, 6.07) is 16.9. The molecule has 2 aromatic carbocycles. The van der Waals surface area contributed by atoms with E-state index in [2.05, 4.69) is 15.0 Å². The Balaban J connectivity index is 2.14. The summed E-state index contributed by atoms with van der Waals surface area (Å²) in [7, 11) is 0. The van der Waals surface area contributed by atoms with E-state index in [0.717, 1.165) is 11.3 Å². The van der Waals surface area contributed by atoms with Crippen LogP contribution in [0.1, 0.15) is 5.56 Å². The van der Waals surface area contributed by atoms with Gasteiger partial charge in [0.25, 0.3) is 0 Å². The number of hydrogen-bond donors (Lipinski definition) is 0. The summed E-state index contributed by atoms with van der Waals surface area (Å²) in [4.78, 5) is 7.03. The fraction of sp³-hybridized carbons (Fsp3) is 0. The van der Waals surface area contributed by atoms with Crippen LogP contribution in [0.15, 0.2) is 64.7 Å². The Bertz CT molecular complexity index is 552. The molecule has 82 valence electrons. The van der Waals surface area contributed by atoms with Gasteiger partial charge in [0.05, 0.1) is 5.69 Å². The maximum atomic E-state index is 8.27. The summed E-state index contributed by atoms with van der Waals surface area (Å²) in [5.41, 5.74) is 10.7. The molecular formula is C13H10N4. The van der Waals surface area contributed by atoms with Crippen LogP contribution in [0.25, 0.3) is 10.4 Å². The minimum atomic E-state index is 0.589. The highest BCUT2D eigenvalue weighted by Crippen LogP contribution is 2.18. The molecule has 0 aliphatic rings. The van der Waals surface area contributed by atoms with Gasteiger partial charge in [-0.1, -0.05) is 47.6 Å². The summed E-state index contributed by atoms with van der Waals surface area (Å²) < 4.78 is 0. The topological polar surface area (TPSA) is 61.1 Å². The normalized spacial score (nSPS) is 10.1. The van der Waals surface area contributed by atoms with Gasteiger partial charge in [-0.2, -0.15) is 0 Å². The van der Waals surface area contributed by atoms with E-state index in [1.807, 2.05) is 42.5 Å². The second kappa shape index (κ2) is 5.49. The van der Waals surface area contributed by atoms with Crippen molar-refractivity contribution in [2.45, 2.75) is 0 Å². The van der Waals surface area contributed by atoms with Crippen LogP contribution in [-0.2, 0) is 0 Å². The molecule has 0 spiro atoms. The average molecular weight is 222 g/mol. The van der Waals surface area contributed by atoms with Crippen molar-refractivity contribution in [2.75, 3.05) is 0 Å². The lowest BCUT2D eigenvalue weighted by atomic mass is 10.2. The zero-order valence-electron chi connectivity index (χ0n) is 9.06. The van der Waals surface area contributed by atoms with E-state index in [1.54, 1.807) is 18.3 Å². The maximum Gasteiger partial charge on any atom is 0.0630 e. The number of hydrogen-bond acceptors (Lipinski definition) is 2. The predicted molar refractivity (Wildman–Crippen MR) is 68.9 cm³/mol. The second-order valence-corrected chi connectivity index (χ2v) is 3.37. The molecule has 0 amide bonds. The Kier molecular flexibility index (Phi) is 3.53. The van der Waals surface area contributed by atoms with Gasteiger partial charge in [-0.15, -0.1) is 0 Å². The zero-order valence-corrected chi connectivity index (χ0v) is 9.06. The Hall–Kier alpha value is -2.58. The molecule has 0 aromatic heterocycles. The Morgan fingerprint density at radius 1 is 0.882 bits per heavy atom. The first kappa shape index (κ1) is 10.9. The quantitative estimate of drug-likeness (QED) is 0.320. The van der Waals surface area contributed by atoms with Crippen LogP contribution in [-0.4, -0.2) is 6.21 Å². The fourth-order valence-electron chi connectivity index (χ4n) is 1.35. The van der Waals surface area contributed by atoms with Crippen molar-refractivity contribution in [2.24, 2.45) is 10.1 Å². The van der Waals surface area contributed by atoms with Crippen LogP contribution in [0.2, 0.25) is 0 Å². The van der Waals surface area contributed by atoms with Crippen molar-refractivity contribution < 1.29 is 0 Å². The van der Waals surface area contributed by atoms with Gasteiger partial charge in [-0.05, 0) is 23.2 Å². The molecule has 0 heterocycles. The van der Waals surface area contributed by atoms with E-state index in [-0.39, 0.29) is 0 Å². The monoisotopic (exact) mass is 222 g/mol. The van der Waals surface area contributed by atoms with Gasteiger partial charge in [0.15, 0.2) is 0 Å². The van der Waals surface area contributed by atoms with Crippen LogP contribution in [0, 0.1) is 0 Å². The highest BCUT2D eigenvalue weighted by atomic mass is 15.1. The second-order valence-electron chi connectivity index (χ2n) is 3.37. The molecule has 2 aromatic rings. The summed E-state index contributed by atoms with van der Waals surface area (Å²) >= 11 is 0. The molecule has 0 N–H and O–H groups in total. The third-order valence-corrected chi connectivity index (χ3v) is 2.17. The van der Waals surface area contributed by atoms with Crippen molar-refractivity contribution in [3.05, 3.63) is 70.6 Å². The van der Waals surface area contributed by atoms with Crippen molar-refractivity contribution in [1.82, 2.24) is 0 Å². The zero-order chi connectivity index (χ0) is 11.9. The number of nitrogens with zero attached hydrogens (tertiary/aromatic N) is 4. The van der Waals surface area contributed by atoms with Gasteiger partial charge in [-0.3, -0.25) is 4.99 Å². The molecule has 0 saturated heterocycles. The van der Waals surface area contributed by atoms with E-state index >= 15 is 0 Å². The molecule has 0 radical (unpaired) electrons. The SMILES string of the molecule is [N-]=[N+]=Nc1ccc(N=Cc2ccccc2)cc1. The molecule has 0 saturated carbocycles. The minimum Gasteiger partial charge on any atom is -0.256 e. The van der Waals surface area contributed by atoms with Crippen LogP contribution in [0.5, 0.6) is 0 Å². The molecule has 0 fully saturated rings. The minimum absolute atomic E-state index is 0.589. The van der Waals surface area contributed by atoms with Crippen LogP contribution >= 0.6 is 0 Å². The van der Waals surface area contributed by atoms with Crippen molar-refractivity contribution in [3.8, 4) is 0 Å². The van der Waals surface area contributed by atoms with Crippen LogP contribution in [0.4, 0.5) is 11.4 Å². The van der Waals surface area contributed by atoms with Gasteiger partial charge in [0.1, 0.15) is 0 Å². The van der Waals surface area contributed by atoms with E-state index < -0.39 is 0 Å². The molecule has 0 atom stereocenters. The molecule has 17 heavy (non-hydrogen) atoms. The standard InChI is InChI=1S/C13H10N4/c14-17-16-13-8-6-12(7-9-13)15-10-11-4-2-1-3-5-11/h1-10H. The highest BCUT2D eigenvalue weighted by molar-refractivity contribution is 5.81. The lowest BCUT2D eigenvalue weighted by molar-refractivity contribution is 1.45. The predicted octanol–water partition coefficient (Wildman–Crippen LogP) is 4.38. The Morgan fingerprint density at radius 3 is 2.18 bits per heavy atom. The van der Waals surface area contributed by atoms with Gasteiger partial charge in [-0.25, -0.2) is 0 Å². The third-order valence-electron chi connectivity index (χ3n) is 2.17. The van der Waals surface area contributed by atoms with Crippen molar-refractivity contribution in [1.29, 1.82) is 0 Å². The lowest BCUT2D eigenvalue weighted by Crippen LogP contribution is -1.77. The Labute approximate surface area is 98.9 Å². The third kappa shape index (κ3) is 3.19.